The summed E-state index contributed by atoms with van der Waals surface area (Å²) in [6.07, 6.45) is 5.78. The molecule has 0 aliphatic rings. The Labute approximate surface area is 145 Å². The van der Waals surface area contributed by atoms with Crippen LogP contribution in [0.1, 0.15) is 5.56 Å². The van der Waals surface area contributed by atoms with E-state index in [9.17, 15) is 0 Å². The summed E-state index contributed by atoms with van der Waals surface area (Å²) in [7, 11) is 2.07. The van der Waals surface area contributed by atoms with Crippen molar-refractivity contribution >= 4 is 32.7 Å². The van der Waals surface area contributed by atoms with E-state index in [1.807, 2.05) is 24.5 Å². The quantitative estimate of drug-likeness (QED) is 0.409. The Kier molecular flexibility index (Phi) is 2.92. The number of aryl methyl sites for hydroxylation is 2. The summed E-state index contributed by atoms with van der Waals surface area (Å²) in [6.45, 7) is 2.13. The summed E-state index contributed by atoms with van der Waals surface area (Å²) < 4.78 is 8.48. The number of aromatic nitrogens is 2. The molecule has 0 saturated heterocycles. The van der Waals surface area contributed by atoms with Gasteiger partial charge in [0.2, 0.25) is 5.69 Å². The number of furan rings is 1. The minimum Gasteiger partial charge on any atom is -0.455 e. The zero-order valence-corrected chi connectivity index (χ0v) is 14.2. The van der Waals surface area contributed by atoms with Crippen LogP contribution in [-0.4, -0.2) is 4.98 Å². The monoisotopic (exact) mass is 325 g/mol. The van der Waals surface area contributed by atoms with Crippen molar-refractivity contribution in [3.8, 4) is 11.3 Å². The zero-order valence-electron chi connectivity index (χ0n) is 14.2. The molecule has 0 atom stereocenters. The summed E-state index contributed by atoms with van der Waals surface area (Å²) in [6, 6.07) is 16.9. The van der Waals surface area contributed by atoms with Gasteiger partial charge in [-0.2, -0.15) is 0 Å². The molecule has 0 fully saturated rings. The number of rotatable bonds is 1. The van der Waals surface area contributed by atoms with Crippen molar-refractivity contribution in [2.75, 3.05) is 0 Å². The third-order valence-corrected chi connectivity index (χ3v) is 4.92. The molecule has 0 unspecified atom stereocenters. The Hall–Kier alpha value is -3.20. The number of fused-ring (bicyclic) bond motifs is 4. The van der Waals surface area contributed by atoms with Crippen LogP contribution < -0.4 is 4.57 Å². The highest BCUT2D eigenvalue weighted by atomic mass is 16.3. The number of nitrogens with zero attached hydrogens (tertiary/aromatic N) is 2. The van der Waals surface area contributed by atoms with Crippen LogP contribution in [-0.2, 0) is 7.05 Å². The number of pyridine rings is 2. The van der Waals surface area contributed by atoms with Crippen molar-refractivity contribution in [1.29, 1.82) is 0 Å². The molecule has 3 heterocycles. The van der Waals surface area contributed by atoms with Gasteiger partial charge in [-0.3, -0.25) is 4.98 Å². The van der Waals surface area contributed by atoms with E-state index >= 15 is 0 Å². The molecule has 0 aliphatic carbocycles. The van der Waals surface area contributed by atoms with E-state index in [2.05, 4.69) is 66.1 Å². The molecule has 5 aromatic rings. The van der Waals surface area contributed by atoms with Gasteiger partial charge in [-0.1, -0.05) is 12.1 Å². The first-order chi connectivity index (χ1) is 12.2. The molecule has 0 N–H and O–H groups in total. The van der Waals surface area contributed by atoms with Crippen LogP contribution in [0.3, 0.4) is 0 Å². The van der Waals surface area contributed by atoms with Gasteiger partial charge in [0, 0.05) is 40.7 Å². The van der Waals surface area contributed by atoms with Gasteiger partial charge in [0.05, 0.1) is 5.56 Å². The fourth-order valence-electron chi connectivity index (χ4n) is 3.62. The minimum absolute atomic E-state index is 0.904. The largest absolute Gasteiger partial charge is 0.455 e. The van der Waals surface area contributed by atoms with E-state index < -0.39 is 0 Å². The van der Waals surface area contributed by atoms with Crippen LogP contribution in [0.4, 0.5) is 0 Å². The SMILES string of the molecule is Cc1ccc2c(oc3cc4cnccc4cc32)c1-c1cccc[n+]1C. The molecule has 3 heteroatoms. The molecule has 3 nitrogen and oxygen atoms in total. The molecule has 0 amide bonds. The van der Waals surface area contributed by atoms with Crippen molar-refractivity contribution in [1.82, 2.24) is 4.98 Å². The fourth-order valence-corrected chi connectivity index (χ4v) is 3.62. The molecule has 25 heavy (non-hydrogen) atoms. The van der Waals surface area contributed by atoms with E-state index in [1.54, 1.807) is 0 Å². The Bertz CT molecular complexity index is 1270. The van der Waals surface area contributed by atoms with Gasteiger partial charge in [0.15, 0.2) is 6.20 Å². The first kappa shape index (κ1) is 14.2. The Balaban J connectivity index is 1.94. The van der Waals surface area contributed by atoms with E-state index in [-0.39, 0.29) is 0 Å². The van der Waals surface area contributed by atoms with Gasteiger partial charge in [-0.25, -0.2) is 4.57 Å². The van der Waals surface area contributed by atoms with Crippen LogP contribution in [0.25, 0.3) is 44.0 Å². The molecular formula is C22H17N2O+. The highest BCUT2D eigenvalue weighted by Crippen LogP contribution is 2.38. The Morgan fingerprint density at radius 2 is 1.88 bits per heavy atom. The summed E-state index contributed by atoms with van der Waals surface area (Å²) in [5.74, 6) is 0. The molecule has 3 aromatic heterocycles. The van der Waals surface area contributed by atoms with Crippen LogP contribution in [0, 0.1) is 6.92 Å². The van der Waals surface area contributed by atoms with Gasteiger partial charge in [-0.05, 0) is 42.1 Å². The molecular weight excluding hydrogens is 308 g/mol. The van der Waals surface area contributed by atoms with E-state index in [0.717, 1.165) is 38.6 Å². The average Bonchev–Trinajstić information content (AvgIpc) is 2.98. The molecule has 0 aliphatic heterocycles. The first-order valence-corrected chi connectivity index (χ1v) is 8.37. The lowest BCUT2D eigenvalue weighted by Crippen LogP contribution is -2.30. The topological polar surface area (TPSA) is 29.9 Å². The van der Waals surface area contributed by atoms with Gasteiger partial charge in [-0.15, -0.1) is 0 Å². The second-order valence-electron chi connectivity index (χ2n) is 6.50. The third kappa shape index (κ3) is 2.06. The van der Waals surface area contributed by atoms with Gasteiger partial charge in [0.1, 0.15) is 18.2 Å². The molecule has 0 spiro atoms. The maximum atomic E-state index is 6.34. The van der Waals surface area contributed by atoms with Crippen LogP contribution in [0.2, 0.25) is 0 Å². The van der Waals surface area contributed by atoms with Crippen LogP contribution in [0.15, 0.2) is 71.5 Å². The Morgan fingerprint density at radius 1 is 0.960 bits per heavy atom. The van der Waals surface area contributed by atoms with E-state index in [0.29, 0.717) is 0 Å². The lowest BCUT2D eigenvalue weighted by molar-refractivity contribution is -0.660. The van der Waals surface area contributed by atoms with Crippen molar-refractivity contribution < 1.29 is 8.98 Å². The van der Waals surface area contributed by atoms with Crippen molar-refractivity contribution in [3.63, 3.8) is 0 Å². The Morgan fingerprint density at radius 3 is 2.76 bits per heavy atom. The number of hydrogen-bond donors (Lipinski definition) is 0. The maximum absolute atomic E-state index is 6.34. The molecule has 120 valence electrons. The molecule has 2 aromatic carbocycles. The van der Waals surface area contributed by atoms with Crippen LogP contribution >= 0.6 is 0 Å². The molecule has 5 rings (SSSR count). The highest BCUT2D eigenvalue weighted by Gasteiger charge is 2.20. The zero-order chi connectivity index (χ0) is 17.0. The standard InChI is InChI=1S/C22H17N2O/c1-14-6-7-17-18-11-15-8-9-23-13-16(15)12-20(18)25-22(17)21(14)19-5-3-4-10-24(19)2/h3-13H,1-2H3/q+1. The van der Waals surface area contributed by atoms with Crippen molar-refractivity contribution in [2.24, 2.45) is 7.05 Å². The minimum atomic E-state index is 0.904. The van der Waals surface area contributed by atoms with Gasteiger partial charge >= 0.3 is 0 Å². The second kappa shape index (κ2) is 5.15. The normalized spacial score (nSPS) is 11.6. The maximum Gasteiger partial charge on any atom is 0.216 e. The van der Waals surface area contributed by atoms with Crippen molar-refractivity contribution in [3.05, 3.63) is 72.7 Å². The lowest BCUT2D eigenvalue weighted by Gasteiger charge is -2.04. The van der Waals surface area contributed by atoms with Crippen LogP contribution in [0.5, 0.6) is 0 Å². The number of hydrogen-bond acceptors (Lipinski definition) is 2. The summed E-state index contributed by atoms with van der Waals surface area (Å²) in [5.41, 5.74) is 5.36. The smallest absolute Gasteiger partial charge is 0.216 e. The van der Waals surface area contributed by atoms with E-state index in [4.69, 9.17) is 4.42 Å². The predicted molar refractivity (Wildman–Crippen MR) is 100 cm³/mol. The predicted octanol–water partition coefficient (Wildman–Crippen LogP) is 4.93. The molecule has 0 bridgehead atoms. The molecule has 0 saturated carbocycles. The second-order valence-corrected chi connectivity index (χ2v) is 6.50. The van der Waals surface area contributed by atoms with Gasteiger partial charge < -0.3 is 4.42 Å². The summed E-state index contributed by atoms with van der Waals surface area (Å²) in [4.78, 5) is 4.22. The summed E-state index contributed by atoms with van der Waals surface area (Å²) in [5, 5.41) is 4.57. The number of benzene rings is 2. The van der Waals surface area contributed by atoms with E-state index in [1.165, 1.54) is 10.9 Å². The third-order valence-electron chi connectivity index (χ3n) is 4.92. The average molecular weight is 325 g/mol. The highest BCUT2D eigenvalue weighted by molar-refractivity contribution is 6.13. The fraction of sp³-hybridized carbons (Fsp3) is 0.0909. The first-order valence-electron chi connectivity index (χ1n) is 8.37. The lowest BCUT2D eigenvalue weighted by atomic mass is 10.00. The summed E-state index contributed by atoms with van der Waals surface area (Å²) >= 11 is 0. The van der Waals surface area contributed by atoms with Crippen molar-refractivity contribution in [2.45, 2.75) is 6.92 Å². The van der Waals surface area contributed by atoms with Gasteiger partial charge in [0.25, 0.3) is 0 Å². The molecule has 0 radical (unpaired) electrons.